The molecule has 0 aromatic carbocycles. The van der Waals surface area contributed by atoms with Gasteiger partial charge in [0.2, 0.25) is 0 Å². The third-order valence-electron chi connectivity index (χ3n) is 3.81. The molecule has 4 heteroatoms. The fourth-order valence-electron chi connectivity index (χ4n) is 2.59. The quantitative estimate of drug-likeness (QED) is 0.823. The summed E-state index contributed by atoms with van der Waals surface area (Å²) in [6, 6.07) is 12.1. The van der Waals surface area contributed by atoms with Crippen LogP contribution in [0.2, 0.25) is 0 Å². The van der Waals surface area contributed by atoms with Crippen molar-refractivity contribution < 1.29 is 0 Å². The van der Waals surface area contributed by atoms with Crippen LogP contribution in [-0.2, 0) is 13.1 Å². The van der Waals surface area contributed by atoms with Crippen molar-refractivity contribution in [1.29, 1.82) is 0 Å². The van der Waals surface area contributed by atoms with Crippen molar-refractivity contribution in [3.63, 3.8) is 0 Å². The van der Waals surface area contributed by atoms with Crippen molar-refractivity contribution in [2.45, 2.75) is 20.0 Å². The number of aromatic nitrogens is 2. The van der Waals surface area contributed by atoms with E-state index in [2.05, 4.69) is 51.1 Å². The fraction of sp³-hybridized carbons (Fsp3) is 0.316. The maximum Gasteiger partial charge on any atom is 0.0544 e. The molecule has 2 aromatic rings. The molecule has 0 spiro atoms. The molecule has 118 valence electrons. The molecule has 1 atom stereocenters. The number of rotatable bonds is 6. The number of nitrogens with zero attached hydrogens (tertiary/aromatic N) is 4. The monoisotopic (exact) mass is 306 g/mol. The molecule has 3 rings (SSSR count). The van der Waals surface area contributed by atoms with E-state index in [0.717, 1.165) is 43.3 Å². The standard InChI is InChI=1S/C19H22N4/c1-16-8-9-19(22-12-16)15-23(13-17-6-2-4-10-20-17)14-18-7-3-5-11-21-18/h2-11,16H,12-15H2,1H3. The summed E-state index contributed by atoms with van der Waals surface area (Å²) in [6.07, 6.45) is 8.07. The number of dihydropyridines is 1. The minimum absolute atomic E-state index is 0.541. The Hall–Kier alpha value is -2.33. The summed E-state index contributed by atoms with van der Waals surface area (Å²) in [5, 5.41) is 0. The molecular formula is C19H22N4. The van der Waals surface area contributed by atoms with Gasteiger partial charge in [-0.3, -0.25) is 19.9 Å². The zero-order valence-electron chi connectivity index (χ0n) is 13.5. The number of aliphatic imine (C=N–C) groups is 1. The summed E-state index contributed by atoms with van der Waals surface area (Å²) in [7, 11) is 0. The van der Waals surface area contributed by atoms with Crippen molar-refractivity contribution in [3.8, 4) is 0 Å². The van der Waals surface area contributed by atoms with Crippen LogP contribution in [0.3, 0.4) is 0 Å². The zero-order chi connectivity index (χ0) is 15.9. The smallest absolute Gasteiger partial charge is 0.0544 e. The first kappa shape index (κ1) is 15.6. The molecule has 0 saturated carbocycles. The van der Waals surface area contributed by atoms with Gasteiger partial charge < -0.3 is 0 Å². The lowest BCUT2D eigenvalue weighted by molar-refractivity contribution is 0.287. The van der Waals surface area contributed by atoms with Gasteiger partial charge in [-0.15, -0.1) is 0 Å². The molecule has 0 N–H and O–H groups in total. The summed E-state index contributed by atoms with van der Waals surface area (Å²) >= 11 is 0. The number of hydrogen-bond acceptors (Lipinski definition) is 4. The number of hydrogen-bond donors (Lipinski definition) is 0. The van der Waals surface area contributed by atoms with Gasteiger partial charge in [0.15, 0.2) is 0 Å². The third kappa shape index (κ3) is 4.83. The second-order valence-corrected chi connectivity index (χ2v) is 5.96. The average molecular weight is 306 g/mol. The molecule has 3 heterocycles. The van der Waals surface area contributed by atoms with E-state index in [1.54, 1.807) is 0 Å². The lowest BCUT2D eigenvalue weighted by atomic mass is 10.1. The molecule has 0 radical (unpaired) electrons. The Morgan fingerprint density at radius 3 is 2.09 bits per heavy atom. The molecule has 0 amide bonds. The lowest BCUT2D eigenvalue weighted by Gasteiger charge is -2.23. The second kappa shape index (κ2) is 7.79. The van der Waals surface area contributed by atoms with Gasteiger partial charge in [0, 0.05) is 44.3 Å². The number of pyridine rings is 2. The Labute approximate surface area is 137 Å². The van der Waals surface area contributed by atoms with E-state index in [-0.39, 0.29) is 0 Å². The first-order valence-corrected chi connectivity index (χ1v) is 8.03. The minimum Gasteiger partial charge on any atom is -0.288 e. The van der Waals surface area contributed by atoms with Crippen LogP contribution in [0.1, 0.15) is 18.3 Å². The predicted octanol–water partition coefficient (Wildman–Crippen LogP) is 3.13. The zero-order valence-corrected chi connectivity index (χ0v) is 13.5. The maximum atomic E-state index is 4.68. The highest BCUT2D eigenvalue weighted by Crippen LogP contribution is 2.10. The highest BCUT2D eigenvalue weighted by molar-refractivity contribution is 5.97. The molecule has 0 fully saturated rings. The van der Waals surface area contributed by atoms with Crippen LogP contribution in [0.4, 0.5) is 0 Å². The van der Waals surface area contributed by atoms with Crippen LogP contribution in [0.15, 0.2) is 65.9 Å². The van der Waals surface area contributed by atoms with E-state index in [4.69, 9.17) is 0 Å². The lowest BCUT2D eigenvalue weighted by Crippen LogP contribution is -2.30. The second-order valence-electron chi connectivity index (χ2n) is 5.96. The van der Waals surface area contributed by atoms with E-state index in [1.807, 2.05) is 36.7 Å². The highest BCUT2D eigenvalue weighted by atomic mass is 15.1. The van der Waals surface area contributed by atoms with Gasteiger partial charge >= 0.3 is 0 Å². The summed E-state index contributed by atoms with van der Waals surface area (Å²) < 4.78 is 0. The van der Waals surface area contributed by atoms with E-state index in [9.17, 15) is 0 Å². The third-order valence-corrected chi connectivity index (χ3v) is 3.81. The molecule has 1 aliphatic rings. The summed E-state index contributed by atoms with van der Waals surface area (Å²) in [4.78, 5) is 15.9. The molecule has 1 aliphatic heterocycles. The van der Waals surface area contributed by atoms with Gasteiger partial charge in [-0.25, -0.2) is 0 Å². The van der Waals surface area contributed by atoms with Gasteiger partial charge in [0.1, 0.15) is 0 Å². The highest BCUT2D eigenvalue weighted by Gasteiger charge is 2.13. The molecular weight excluding hydrogens is 284 g/mol. The summed E-state index contributed by atoms with van der Waals surface area (Å²) in [6.45, 7) is 5.47. The average Bonchev–Trinajstić information content (AvgIpc) is 2.59. The SMILES string of the molecule is CC1C=CC(CN(Cc2ccccn2)Cc2ccccn2)=NC1. The van der Waals surface area contributed by atoms with Crippen LogP contribution in [0.5, 0.6) is 0 Å². The van der Waals surface area contributed by atoms with Crippen molar-refractivity contribution in [2.24, 2.45) is 10.9 Å². The maximum absolute atomic E-state index is 4.68. The Kier molecular flexibility index (Phi) is 5.27. The Balaban J connectivity index is 1.72. The molecule has 1 unspecified atom stereocenters. The largest absolute Gasteiger partial charge is 0.288 e. The van der Waals surface area contributed by atoms with E-state index >= 15 is 0 Å². The Morgan fingerprint density at radius 2 is 1.61 bits per heavy atom. The Morgan fingerprint density at radius 1 is 0.957 bits per heavy atom. The van der Waals surface area contributed by atoms with E-state index in [0.29, 0.717) is 5.92 Å². The van der Waals surface area contributed by atoms with Crippen LogP contribution >= 0.6 is 0 Å². The summed E-state index contributed by atoms with van der Waals surface area (Å²) in [5.74, 6) is 0.541. The van der Waals surface area contributed by atoms with Crippen LogP contribution < -0.4 is 0 Å². The van der Waals surface area contributed by atoms with Crippen LogP contribution in [0.25, 0.3) is 0 Å². The molecule has 0 bridgehead atoms. The van der Waals surface area contributed by atoms with Gasteiger partial charge in [0.25, 0.3) is 0 Å². The van der Waals surface area contributed by atoms with E-state index < -0.39 is 0 Å². The van der Waals surface area contributed by atoms with Crippen LogP contribution in [-0.4, -0.2) is 33.7 Å². The van der Waals surface area contributed by atoms with Crippen molar-refractivity contribution in [2.75, 3.05) is 13.1 Å². The molecule has 2 aromatic heterocycles. The molecule has 23 heavy (non-hydrogen) atoms. The Bertz CT molecular complexity index is 623. The van der Waals surface area contributed by atoms with Crippen molar-refractivity contribution >= 4 is 5.71 Å². The predicted molar refractivity (Wildman–Crippen MR) is 93.2 cm³/mol. The first-order chi connectivity index (χ1) is 11.3. The van der Waals surface area contributed by atoms with Gasteiger partial charge in [0.05, 0.1) is 11.4 Å². The van der Waals surface area contributed by atoms with E-state index in [1.165, 1.54) is 0 Å². The molecule has 0 saturated heterocycles. The first-order valence-electron chi connectivity index (χ1n) is 8.03. The van der Waals surface area contributed by atoms with Gasteiger partial charge in [-0.1, -0.05) is 25.1 Å². The summed E-state index contributed by atoms with van der Waals surface area (Å²) in [5.41, 5.74) is 3.27. The van der Waals surface area contributed by atoms with Gasteiger partial charge in [-0.05, 0) is 36.3 Å². The normalized spacial score (nSPS) is 17.3. The fourth-order valence-corrected chi connectivity index (χ4v) is 2.59. The topological polar surface area (TPSA) is 41.4 Å². The van der Waals surface area contributed by atoms with Gasteiger partial charge in [-0.2, -0.15) is 0 Å². The van der Waals surface area contributed by atoms with Crippen molar-refractivity contribution in [1.82, 2.24) is 14.9 Å². The van der Waals surface area contributed by atoms with Crippen molar-refractivity contribution in [3.05, 3.63) is 72.3 Å². The van der Waals surface area contributed by atoms with Crippen LogP contribution in [0, 0.1) is 5.92 Å². The molecule has 0 aliphatic carbocycles. The molecule has 4 nitrogen and oxygen atoms in total. The minimum atomic E-state index is 0.541.